The average molecular weight is 786 g/mol. The van der Waals surface area contributed by atoms with Crippen LogP contribution >= 0.6 is 0 Å². The third-order valence-electron chi connectivity index (χ3n) is 10.3. The Labute approximate surface area is 290 Å². The van der Waals surface area contributed by atoms with Crippen molar-refractivity contribution in [2.24, 2.45) is 10.8 Å². The molecule has 0 N–H and O–H groups in total. The van der Waals surface area contributed by atoms with Crippen molar-refractivity contribution in [2.45, 2.75) is 97.3 Å². The van der Waals surface area contributed by atoms with Crippen LogP contribution in [0.25, 0.3) is 32.2 Å². The van der Waals surface area contributed by atoms with Gasteiger partial charge in [0.15, 0.2) is 0 Å². The molecule has 2 aromatic heterocycles. The van der Waals surface area contributed by atoms with Gasteiger partial charge in [-0.15, -0.1) is 47.5 Å². The van der Waals surface area contributed by atoms with Gasteiger partial charge in [-0.1, -0.05) is 62.8 Å². The fourth-order valence-corrected chi connectivity index (χ4v) is 7.57. The van der Waals surface area contributed by atoms with Crippen LogP contribution in [0, 0.1) is 36.1 Å². The van der Waals surface area contributed by atoms with Gasteiger partial charge in [0.1, 0.15) is 11.4 Å². The van der Waals surface area contributed by atoms with E-state index in [1.54, 1.807) is 12.1 Å². The van der Waals surface area contributed by atoms with E-state index in [2.05, 4.69) is 73.8 Å². The first kappa shape index (κ1) is 33.8. The van der Waals surface area contributed by atoms with Crippen molar-refractivity contribution in [3.63, 3.8) is 0 Å². The van der Waals surface area contributed by atoms with Crippen molar-refractivity contribution in [3.8, 4) is 22.5 Å². The van der Waals surface area contributed by atoms with Crippen LogP contribution in [0.4, 0.5) is 11.4 Å². The van der Waals surface area contributed by atoms with Gasteiger partial charge in [-0.05, 0) is 86.7 Å². The van der Waals surface area contributed by atoms with Gasteiger partial charge in [0.05, 0.1) is 13.1 Å². The van der Waals surface area contributed by atoms with Gasteiger partial charge in [-0.2, -0.15) is 12.1 Å². The molecule has 0 radical (unpaired) electrons. The zero-order valence-electron chi connectivity index (χ0n) is 27.4. The Bertz CT molecular complexity index is 1670. The minimum Gasteiger partial charge on any atom is -0.300 e. The summed E-state index contributed by atoms with van der Waals surface area (Å²) in [6.45, 7) is 24.4. The van der Waals surface area contributed by atoms with Crippen LogP contribution in [0.15, 0.2) is 60.7 Å². The van der Waals surface area contributed by atoms with E-state index in [1.165, 1.54) is 62.5 Å². The molecule has 2 saturated carbocycles. The van der Waals surface area contributed by atoms with Crippen molar-refractivity contribution < 1.29 is 21.1 Å². The summed E-state index contributed by atoms with van der Waals surface area (Å²) in [5.74, 6) is 0. The second-order valence-corrected chi connectivity index (χ2v) is 14.7. The molecule has 4 nitrogen and oxygen atoms in total. The zero-order valence-corrected chi connectivity index (χ0v) is 29.7. The molecule has 46 heavy (non-hydrogen) atoms. The Morgan fingerprint density at radius 1 is 0.674 bits per heavy atom. The van der Waals surface area contributed by atoms with Gasteiger partial charge >= 0.3 is 21.1 Å². The SMILES string of the molecule is [C-]#[N+]c1cc[c-]c(-c2cc(CC3(C)CCCC3)cc(C(C)(C)c3cc(CC4(C)CCCC4)cc(-c4[c-]ccc([N+]#[C-])c4)n3)n2)c1.[Pt+2]. The number of hydrogen-bond donors (Lipinski definition) is 0. The van der Waals surface area contributed by atoms with E-state index in [-0.39, 0.29) is 31.9 Å². The van der Waals surface area contributed by atoms with Gasteiger partial charge in [0.2, 0.25) is 0 Å². The van der Waals surface area contributed by atoms with E-state index in [9.17, 15) is 0 Å². The standard InChI is InChI=1S/C41H42N4.Pt/c1-39(2,37-23-29(27-40(3)17-7-8-18-40)21-35(44-37)31-13-11-15-33(25-31)42-5)38-24-30(28-41(4)19-9-10-20-41)22-36(45-38)32-14-12-16-34(26-32)43-6;/h11-12,15-16,21-26H,7-10,17-20,27-28H2,1-4H3;/q-2;+2. The monoisotopic (exact) mass is 785 g/mol. The predicted octanol–water partition coefficient (Wildman–Crippen LogP) is 11.1. The largest absolute Gasteiger partial charge is 2.00 e. The molecule has 4 aromatic rings. The van der Waals surface area contributed by atoms with E-state index in [4.69, 9.17) is 23.1 Å². The van der Waals surface area contributed by atoms with Crippen molar-refractivity contribution in [3.05, 3.63) is 118 Å². The summed E-state index contributed by atoms with van der Waals surface area (Å²) in [5, 5.41) is 0. The maximum absolute atomic E-state index is 7.57. The summed E-state index contributed by atoms with van der Waals surface area (Å²) >= 11 is 0. The van der Waals surface area contributed by atoms with Crippen molar-refractivity contribution in [2.75, 3.05) is 0 Å². The van der Waals surface area contributed by atoms with Crippen LogP contribution in [0.1, 0.15) is 102 Å². The molecule has 0 saturated heterocycles. The molecule has 0 unspecified atom stereocenters. The summed E-state index contributed by atoms with van der Waals surface area (Å²) < 4.78 is 0. The van der Waals surface area contributed by atoms with Gasteiger partial charge < -0.3 is 9.97 Å². The molecule has 6 rings (SSSR count). The number of pyridine rings is 2. The number of aromatic nitrogens is 2. The molecule has 2 fully saturated rings. The molecule has 0 bridgehead atoms. The van der Waals surface area contributed by atoms with Crippen molar-refractivity contribution in [1.29, 1.82) is 0 Å². The first-order chi connectivity index (χ1) is 21.6. The maximum Gasteiger partial charge on any atom is 2.00 e. The quantitative estimate of drug-likeness (QED) is 0.167. The van der Waals surface area contributed by atoms with Gasteiger partial charge in [0.25, 0.3) is 0 Å². The molecule has 0 amide bonds. The summed E-state index contributed by atoms with van der Waals surface area (Å²) in [6.07, 6.45) is 12.1. The number of benzene rings is 2. The Balaban J connectivity index is 0.00000417. The first-order valence-corrected chi connectivity index (χ1v) is 16.4. The molecule has 5 heteroatoms. The van der Waals surface area contributed by atoms with E-state index in [1.807, 2.05) is 24.3 Å². The van der Waals surface area contributed by atoms with Crippen molar-refractivity contribution >= 4 is 11.4 Å². The van der Waals surface area contributed by atoms with Gasteiger partial charge in [-0.3, -0.25) is 9.69 Å². The third-order valence-corrected chi connectivity index (χ3v) is 10.3. The molecule has 0 aliphatic heterocycles. The van der Waals surface area contributed by atoms with Crippen molar-refractivity contribution in [1.82, 2.24) is 9.97 Å². The minimum absolute atomic E-state index is 0. The van der Waals surface area contributed by atoms with E-state index in [0.717, 1.165) is 46.7 Å². The molecule has 2 aromatic carbocycles. The Hall–Kier alpha value is -3.59. The third kappa shape index (κ3) is 7.35. The smallest absolute Gasteiger partial charge is 0.300 e. The minimum atomic E-state index is -0.502. The van der Waals surface area contributed by atoms with Crippen LogP contribution in [-0.4, -0.2) is 9.97 Å². The predicted molar refractivity (Wildman–Crippen MR) is 182 cm³/mol. The van der Waals surface area contributed by atoms with Crippen LogP contribution in [0.3, 0.4) is 0 Å². The molecule has 2 aliphatic rings. The van der Waals surface area contributed by atoms with Crippen LogP contribution in [0.2, 0.25) is 0 Å². The molecule has 2 heterocycles. The maximum atomic E-state index is 7.57. The topological polar surface area (TPSA) is 34.5 Å². The normalized spacial score (nSPS) is 16.7. The average Bonchev–Trinajstić information content (AvgIpc) is 3.68. The summed E-state index contributed by atoms with van der Waals surface area (Å²) in [4.78, 5) is 17.9. The summed E-state index contributed by atoms with van der Waals surface area (Å²) in [7, 11) is 0. The fourth-order valence-electron chi connectivity index (χ4n) is 7.57. The Kier molecular flexibility index (Phi) is 10.0. The second kappa shape index (κ2) is 13.6. The summed E-state index contributed by atoms with van der Waals surface area (Å²) in [6, 6.07) is 26.8. The Morgan fingerprint density at radius 2 is 1.07 bits per heavy atom. The fraction of sp³-hybridized carbons (Fsp3) is 0.415. The second-order valence-electron chi connectivity index (χ2n) is 14.7. The van der Waals surface area contributed by atoms with Crippen LogP contribution in [-0.2, 0) is 39.3 Å². The van der Waals surface area contributed by atoms with Gasteiger partial charge in [0, 0.05) is 16.8 Å². The van der Waals surface area contributed by atoms with E-state index in [0.29, 0.717) is 11.4 Å². The molecule has 0 atom stereocenters. The first-order valence-electron chi connectivity index (χ1n) is 16.4. The molecular formula is C41H42N4Pt. The van der Waals surface area contributed by atoms with Crippen LogP contribution < -0.4 is 0 Å². The summed E-state index contributed by atoms with van der Waals surface area (Å²) in [5.41, 5.74) is 9.17. The molecular weight excluding hydrogens is 744 g/mol. The Morgan fingerprint density at radius 3 is 1.43 bits per heavy atom. The molecule has 0 spiro atoms. The number of hydrogen-bond acceptors (Lipinski definition) is 2. The molecule has 236 valence electrons. The number of rotatable bonds is 8. The van der Waals surface area contributed by atoms with E-state index >= 15 is 0 Å². The zero-order chi connectivity index (χ0) is 31.7. The van der Waals surface area contributed by atoms with E-state index < -0.39 is 5.41 Å². The van der Waals surface area contributed by atoms with Crippen LogP contribution in [0.5, 0.6) is 0 Å². The number of nitrogens with zero attached hydrogens (tertiary/aromatic N) is 4. The van der Waals surface area contributed by atoms with Gasteiger partial charge in [-0.25, -0.2) is 0 Å². The molecule has 2 aliphatic carbocycles.